The van der Waals surface area contributed by atoms with Crippen LogP contribution in [0.3, 0.4) is 0 Å². The van der Waals surface area contributed by atoms with Crippen molar-refractivity contribution in [3.05, 3.63) is 65.5 Å². The monoisotopic (exact) mass is 514 g/mol. The van der Waals surface area contributed by atoms with Gasteiger partial charge in [0.1, 0.15) is 17.3 Å². The first-order valence-electron chi connectivity index (χ1n) is 13.4. The summed E-state index contributed by atoms with van der Waals surface area (Å²) in [5, 5.41) is 0. The van der Waals surface area contributed by atoms with Crippen LogP contribution in [0.4, 0.5) is 4.39 Å². The average Bonchev–Trinajstić information content (AvgIpc) is 2.77. The number of ketones is 2. The van der Waals surface area contributed by atoms with Gasteiger partial charge >= 0.3 is 0 Å². The van der Waals surface area contributed by atoms with Crippen LogP contribution in [-0.4, -0.2) is 18.7 Å². The van der Waals surface area contributed by atoms with E-state index in [1.165, 1.54) is 36.2 Å². The van der Waals surface area contributed by atoms with Crippen LogP contribution in [0, 0.1) is 28.5 Å². The Morgan fingerprint density at radius 3 is 1.78 bits per heavy atom. The fourth-order valence-corrected chi connectivity index (χ4v) is 3.28. The highest BCUT2D eigenvalue weighted by molar-refractivity contribution is 5.96. The smallest absolute Gasteiger partial charge is 0.163 e. The number of Topliss-reactive ketones (excluding diaryl/α,β-unsaturated/α-hetero) is 2. The number of rotatable bonds is 8. The maximum Gasteiger partial charge on any atom is 0.163 e. The normalized spacial score (nSPS) is 11.3. The Kier molecular flexibility index (Phi) is 15.3. The van der Waals surface area contributed by atoms with E-state index < -0.39 is 0 Å². The fourth-order valence-electron chi connectivity index (χ4n) is 3.28. The minimum Gasteiger partial charge on any atom is -0.496 e. The summed E-state index contributed by atoms with van der Waals surface area (Å²) in [5.41, 5.74) is 2.26. The first-order chi connectivity index (χ1) is 16.9. The molecule has 0 aliphatic heterocycles. The zero-order valence-corrected chi connectivity index (χ0v) is 25.2. The van der Waals surface area contributed by atoms with Crippen LogP contribution in [0.15, 0.2) is 48.5 Å². The molecular weight excluding hydrogens is 463 g/mol. The van der Waals surface area contributed by atoms with E-state index in [0.717, 1.165) is 18.6 Å². The second kappa shape index (κ2) is 16.4. The third kappa shape index (κ3) is 17.6. The van der Waals surface area contributed by atoms with E-state index >= 15 is 0 Å². The summed E-state index contributed by atoms with van der Waals surface area (Å²) in [4.78, 5) is 22.6. The van der Waals surface area contributed by atoms with E-state index in [9.17, 15) is 14.0 Å². The molecule has 0 aromatic heterocycles. The Hall–Kier alpha value is -2.49. The van der Waals surface area contributed by atoms with E-state index in [4.69, 9.17) is 4.74 Å². The summed E-state index contributed by atoms with van der Waals surface area (Å²) < 4.78 is 17.9. The highest BCUT2D eigenvalue weighted by Gasteiger charge is 2.17. The van der Waals surface area contributed by atoms with Gasteiger partial charge in [-0.1, -0.05) is 87.4 Å². The maximum atomic E-state index is 12.6. The minimum absolute atomic E-state index is 0.0224. The number of ether oxygens (including phenoxy) is 1. The third-order valence-electron chi connectivity index (χ3n) is 5.45. The quantitative estimate of drug-likeness (QED) is 0.330. The van der Waals surface area contributed by atoms with E-state index in [0.29, 0.717) is 29.1 Å². The Labute approximate surface area is 226 Å². The molecule has 0 aliphatic rings. The van der Waals surface area contributed by atoms with Gasteiger partial charge in [-0.3, -0.25) is 9.59 Å². The van der Waals surface area contributed by atoms with E-state index in [1.807, 2.05) is 46.8 Å². The molecule has 0 bridgehead atoms. The van der Waals surface area contributed by atoms with Gasteiger partial charge < -0.3 is 4.74 Å². The van der Waals surface area contributed by atoms with Crippen LogP contribution in [0.25, 0.3) is 0 Å². The van der Waals surface area contributed by atoms with E-state index in [1.54, 1.807) is 7.11 Å². The van der Waals surface area contributed by atoms with Crippen molar-refractivity contribution in [3.8, 4) is 5.75 Å². The molecule has 0 N–H and O–H groups in total. The number of aryl methyl sites for hydroxylation is 1. The molecule has 0 aliphatic carbocycles. The molecular formula is C33H51FO3. The second-order valence-electron chi connectivity index (χ2n) is 12.8. The van der Waals surface area contributed by atoms with Crippen molar-refractivity contribution >= 4 is 11.6 Å². The molecule has 0 heterocycles. The van der Waals surface area contributed by atoms with Crippen molar-refractivity contribution in [2.24, 2.45) is 22.7 Å². The van der Waals surface area contributed by atoms with Gasteiger partial charge in [-0.15, -0.1) is 0 Å². The maximum absolute atomic E-state index is 12.6. The van der Waals surface area contributed by atoms with Crippen LogP contribution in [0.2, 0.25) is 0 Å². The van der Waals surface area contributed by atoms with Gasteiger partial charge in [-0.25, -0.2) is 4.39 Å². The first-order valence-corrected chi connectivity index (χ1v) is 13.4. The number of carbonyl (C=O) groups excluding carboxylic acids is 2. The first kappa shape index (κ1) is 34.5. The zero-order chi connectivity index (χ0) is 28.8. The van der Waals surface area contributed by atoms with Crippen molar-refractivity contribution in [2.45, 2.75) is 94.9 Å². The highest BCUT2D eigenvalue weighted by Crippen LogP contribution is 2.25. The van der Waals surface area contributed by atoms with Crippen LogP contribution < -0.4 is 4.74 Å². The summed E-state index contributed by atoms with van der Waals surface area (Å²) in [6.45, 7) is 20.9. The number of halogens is 1. The SMILES string of the molecule is CC(C)(C)CC(=O)c1ccc(F)cc1.CC(C)CC(=O)C(C)C.COc1ccccc1CCC(C)(C)C. The van der Waals surface area contributed by atoms with Gasteiger partial charge in [0.25, 0.3) is 0 Å². The van der Waals surface area contributed by atoms with Crippen LogP contribution in [0.5, 0.6) is 5.75 Å². The van der Waals surface area contributed by atoms with Crippen LogP contribution >= 0.6 is 0 Å². The lowest BCUT2D eigenvalue weighted by Gasteiger charge is -2.18. The van der Waals surface area contributed by atoms with Gasteiger partial charge in [-0.2, -0.15) is 0 Å². The number of carbonyl (C=O) groups is 2. The molecule has 37 heavy (non-hydrogen) atoms. The third-order valence-corrected chi connectivity index (χ3v) is 5.45. The summed E-state index contributed by atoms with van der Waals surface area (Å²) in [5.74, 6) is 1.88. The molecule has 0 amide bonds. The minimum atomic E-state index is -0.308. The molecule has 0 atom stereocenters. The van der Waals surface area contributed by atoms with E-state index in [-0.39, 0.29) is 22.9 Å². The van der Waals surface area contributed by atoms with Gasteiger partial charge in [0, 0.05) is 24.3 Å². The molecule has 2 aromatic carbocycles. The summed E-state index contributed by atoms with van der Waals surface area (Å²) >= 11 is 0. The van der Waals surface area contributed by atoms with Crippen molar-refractivity contribution in [2.75, 3.05) is 7.11 Å². The van der Waals surface area contributed by atoms with E-state index in [2.05, 4.69) is 46.8 Å². The van der Waals surface area contributed by atoms with Crippen LogP contribution in [0.1, 0.15) is 104 Å². The Morgan fingerprint density at radius 1 is 0.838 bits per heavy atom. The summed E-state index contributed by atoms with van der Waals surface area (Å²) in [7, 11) is 1.73. The standard InChI is InChI=1S/C13H20O.C12H15FO.C8H16O/c1-13(2,3)10-9-11-7-5-6-8-12(11)14-4;1-12(2,3)8-11(14)9-4-6-10(13)7-5-9;1-6(2)5-8(9)7(3)4/h5-8H,9-10H2,1-4H3;4-7H,8H2,1-3H3;6-7H,5H2,1-4H3. The molecule has 0 fully saturated rings. The Bertz CT molecular complexity index is 929. The fraction of sp³-hybridized carbons (Fsp3) is 0.576. The average molecular weight is 515 g/mol. The van der Waals surface area contributed by atoms with Gasteiger partial charge in [0.05, 0.1) is 7.11 Å². The Morgan fingerprint density at radius 2 is 1.38 bits per heavy atom. The largest absolute Gasteiger partial charge is 0.496 e. The molecule has 3 nitrogen and oxygen atoms in total. The highest BCUT2D eigenvalue weighted by atomic mass is 19.1. The summed E-state index contributed by atoms with van der Waals surface area (Å²) in [6, 6.07) is 13.9. The number of hydrogen-bond donors (Lipinski definition) is 0. The van der Waals surface area contributed by atoms with Gasteiger partial charge in [-0.05, 0) is 65.5 Å². The molecule has 4 heteroatoms. The molecule has 0 spiro atoms. The van der Waals surface area contributed by atoms with Crippen LogP contribution in [-0.2, 0) is 11.2 Å². The topological polar surface area (TPSA) is 43.4 Å². The molecule has 2 aromatic rings. The lowest BCUT2D eigenvalue weighted by molar-refractivity contribution is -0.122. The molecule has 0 saturated heterocycles. The molecule has 208 valence electrons. The lowest BCUT2D eigenvalue weighted by Crippen LogP contribution is -2.12. The lowest BCUT2D eigenvalue weighted by atomic mass is 9.88. The molecule has 0 unspecified atom stereocenters. The zero-order valence-electron chi connectivity index (χ0n) is 25.2. The Balaban J connectivity index is 0.000000541. The second-order valence-corrected chi connectivity index (χ2v) is 12.8. The molecule has 2 rings (SSSR count). The van der Waals surface area contributed by atoms with Gasteiger partial charge in [0.15, 0.2) is 5.78 Å². The number of methoxy groups -OCH3 is 1. The predicted molar refractivity (Wildman–Crippen MR) is 155 cm³/mol. The number of hydrogen-bond acceptors (Lipinski definition) is 3. The number of para-hydroxylation sites is 1. The molecule has 0 radical (unpaired) electrons. The predicted octanol–water partition coefficient (Wildman–Crippen LogP) is 9.38. The summed E-state index contributed by atoms with van der Waals surface area (Å²) in [6.07, 6.45) is 3.50. The van der Waals surface area contributed by atoms with Crippen molar-refractivity contribution in [1.82, 2.24) is 0 Å². The van der Waals surface area contributed by atoms with Gasteiger partial charge in [0.2, 0.25) is 0 Å². The van der Waals surface area contributed by atoms with Crippen molar-refractivity contribution < 1.29 is 18.7 Å². The van der Waals surface area contributed by atoms with Crippen molar-refractivity contribution in [3.63, 3.8) is 0 Å². The van der Waals surface area contributed by atoms with Crippen molar-refractivity contribution in [1.29, 1.82) is 0 Å². The number of benzene rings is 2. The molecule has 0 saturated carbocycles.